The molecule has 0 radical (unpaired) electrons. The fourth-order valence-corrected chi connectivity index (χ4v) is 1.37. The molecule has 1 unspecified atom stereocenters. The first-order valence-electron chi connectivity index (χ1n) is 5.95. The van der Waals surface area contributed by atoms with Crippen molar-refractivity contribution in [2.75, 3.05) is 31.3 Å². The van der Waals surface area contributed by atoms with Gasteiger partial charge in [0.15, 0.2) is 0 Å². The number of nitrogen functional groups attached to an aromatic ring is 1. The molecule has 96 valence electrons. The number of hydrogen-bond donors (Lipinski definition) is 2. The van der Waals surface area contributed by atoms with Gasteiger partial charge in [0.2, 0.25) is 0 Å². The van der Waals surface area contributed by atoms with Gasteiger partial charge in [0.25, 0.3) is 0 Å². The average Bonchev–Trinajstić information content (AvgIpc) is 2.32. The highest BCUT2D eigenvalue weighted by Crippen LogP contribution is 2.22. The van der Waals surface area contributed by atoms with E-state index < -0.39 is 0 Å². The fraction of sp³-hybridized carbons (Fsp3) is 0.538. The Balaban J connectivity index is 2.61. The highest BCUT2D eigenvalue weighted by molar-refractivity contribution is 5.59. The summed E-state index contributed by atoms with van der Waals surface area (Å²) in [5.41, 5.74) is 7.48. The van der Waals surface area contributed by atoms with Crippen LogP contribution in [0.4, 0.5) is 11.4 Å². The first kappa shape index (κ1) is 13.6. The second kappa shape index (κ2) is 7.01. The Bertz CT molecular complexity index is 342. The minimum Gasteiger partial charge on any atom is -0.493 e. The molecule has 1 rings (SSSR count). The second-order valence-electron chi connectivity index (χ2n) is 4.07. The van der Waals surface area contributed by atoms with Crippen LogP contribution in [0.2, 0.25) is 0 Å². The molecule has 0 heterocycles. The molecule has 1 aromatic carbocycles. The first-order chi connectivity index (χ1) is 8.15. The molecule has 0 saturated carbocycles. The van der Waals surface area contributed by atoms with E-state index in [2.05, 4.69) is 12.2 Å². The molecule has 4 nitrogen and oxygen atoms in total. The summed E-state index contributed by atoms with van der Waals surface area (Å²) in [5.74, 6) is 0.805. The lowest BCUT2D eigenvalue weighted by molar-refractivity contribution is 0.129. The van der Waals surface area contributed by atoms with E-state index in [9.17, 15) is 0 Å². The van der Waals surface area contributed by atoms with Crippen molar-refractivity contribution in [2.45, 2.75) is 26.4 Å². The molecule has 0 saturated heterocycles. The highest BCUT2D eigenvalue weighted by atomic mass is 16.5. The van der Waals surface area contributed by atoms with Crippen LogP contribution >= 0.6 is 0 Å². The molecule has 0 aliphatic rings. The van der Waals surface area contributed by atoms with E-state index >= 15 is 0 Å². The van der Waals surface area contributed by atoms with Crippen molar-refractivity contribution in [2.24, 2.45) is 0 Å². The molecular weight excluding hydrogens is 216 g/mol. The Morgan fingerprint density at radius 1 is 1.35 bits per heavy atom. The van der Waals surface area contributed by atoms with Crippen LogP contribution < -0.4 is 15.8 Å². The monoisotopic (exact) mass is 238 g/mol. The van der Waals surface area contributed by atoms with E-state index in [4.69, 9.17) is 15.2 Å². The van der Waals surface area contributed by atoms with Crippen LogP contribution in [0.15, 0.2) is 18.2 Å². The van der Waals surface area contributed by atoms with E-state index in [1.165, 1.54) is 0 Å². The third kappa shape index (κ3) is 4.95. The fourth-order valence-electron chi connectivity index (χ4n) is 1.37. The highest BCUT2D eigenvalue weighted by Gasteiger charge is 2.02. The summed E-state index contributed by atoms with van der Waals surface area (Å²) in [4.78, 5) is 0. The first-order valence-corrected chi connectivity index (χ1v) is 5.95. The van der Waals surface area contributed by atoms with Gasteiger partial charge in [-0.2, -0.15) is 0 Å². The van der Waals surface area contributed by atoms with E-state index in [-0.39, 0.29) is 6.10 Å². The van der Waals surface area contributed by atoms with Gasteiger partial charge in [-0.3, -0.25) is 0 Å². The summed E-state index contributed by atoms with van der Waals surface area (Å²) >= 11 is 0. The number of hydrogen-bond acceptors (Lipinski definition) is 4. The zero-order chi connectivity index (χ0) is 12.7. The van der Waals surface area contributed by atoms with Gasteiger partial charge in [0.05, 0.1) is 12.7 Å². The molecule has 17 heavy (non-hydrogen) atoms. The van der Waals surface area contributed by atoms with Gasteiger partial charge in [-0.25, -0.2) is 0 Å². The maximum atomic E-state index is 5.82. The van der Waals surface area contributed by atoms with Gasteiger partial charge in [0, 0.05) is 37.2 Å². The summed E-state index contributed by atoms with van der Waals surface area (Å²) in [6, 6.07) is 5.68. The summed E-state index contributed by atoms with van der Waals surface area (Å²) in [7, 11) is 1.70. The van der Waals surface area contributed by atoms with Crippen molar-refractivity contribution in [1.82, 2.24) is 0 Å². The zero-order valence-electron chi connectivity index (χ0n) is 10.8. The predicted octanol–water partition coefficient (Wildman–Crippen LogP) is 2.50. The number of benzene rings is 1. The number of ether oxygens (including phenoxy) is 2. The predicted molar refractivity (Wildman–Crippen MR) is 71.6 cm³/mol. The third-order valence-electron chi connectivity index (χ3n) is 2.40. The van der Waals surface area contributed by atoms with Gasteiger partial charge in [-0.15, -0.1) is 0 Å². The lowest BCUT2D eigenvalue weighted by atomic mass is 10.2. The van der Waals surface area contributed by atoms with Crippen LogP contribution in [-0.4, -0.2) is 26.4 Å². The SMILES string of the molecule is CCCOc1cc(N)cc(NCC(C)OC)c1. The Morgan fingerprint density at radius 2 is 2.12 bits per heavy atom. The molecule has 4 heteroatoms. The maximum absolute atomic E-state index is 5.82. The Hall–Kier alpha value is -1.42. The Kier molecular flexibility index (Phi) is 5.63. The normalized spacial score (nSPS) is 12.2. The number of nitrogens with two attached hydrogens (primary N) is 1. The van der Waals surface area contributed by atoms with E-state index in [1.54, 1.807) is 7.11 Å². The lowest BCUT2D eigenvalue weighted by Gasteiger charge is -2.14. The third-order valence-corrected chi connectivity index (χ3v) is 2.40. The molecule has 0 aliphatic heterocycles. The number of rotatable bonds is 7. The van der Waals surface area contributed by atoms with Crippen LogP contribution in [0.3, 0.4) is 0 Å². The number of methoxy groups -OCH3 is 1. The van der Waals surface area contributed by atoms with Crippen molar-refractivity contribution in [3.63, 3.8) is 0 Å². The average molecular weight is 238 g/mol. The van der Waals surface area contributed by atoms with Gasteiger partial charge in [-0.1, -0.05) is 6.92 Å². The van der Waals surface area contributed by atoms with E-state index in [0.717, 1.165) is 24.4 Å². The molecule has 0 bridgehead atoms. The molecule has 3 N–H and O–H groups in total. The van der Waals surface area contributed by atoms with Crippen LogP contribution in [0.25, 0.3) is 0 Å². The molecule has 1 aromatic rings. The van der Waals surface area contributed by atoms with E-state index in [1.807, 2.05) is 25.1 Å². The van der Waals surface area contributed by atoms with Crippen molar-refractivity contribution in [3.8, 4) is 5.75 Å². The topological polar surface area (TPSA) is 56.5 Å². The van der Waals surface area contributed by atoms with Crippen LogP contribution in [0.5, 0.6) is 5.75 Å². The smallest absolute Gasteiger partial charge is 0.123 e. The summed E-state index contributed by atoms with van der Waals surface area (Å²) in [5, 5.41) is 3.27. The van der Waals surface area contributed by atoms with Crippen molar-refractivity contribution in [3.05, 3.63) is 18.2 Å². The lowest BCUT2D eigenvalue weighted by Crippen LogP contribution is -2.18. The quantitative estimate of drug-likeness (QED) is 0.717. The molecule has 0 spiro atoms. The van der Waals surface area contributed by atoms with Gasteiger partial charge in [0.1, 0.15) is 5.75 Å². The van der Waals surface area contributed by atoms with Crippen LogP contribution in [0.1, 0.15) is 20.3 Å². The van der Waals surface area contributed by atoms with Crippen molar-refractivity contribution < 1.29 is 9.47 Å². The number of anilines is 2. The van der Waals surface area contributed by atoms with Gasteiger partial charge in [-0.05, 0) is 19.4 Å². The zero-order valence-corrected chi connectivity index (χ0v) is 10.8. The molecular formula is C13H22N2O2. The summed E-state index contributed by atoms with van der Waals surface area (Å²) in [6.45, 7) is 5.53. The summed E-state index contributed by atoms with van der Waals surface area (Å²) in [6.07, 6.45) is 1.15. The van der Waals surface area contributed by atoms with Crippen molar-refractivity contribution >= 4 is 11.4 Å². The van der Waals surface area contributed by atoms with Crippen molar-refractivity contribution in [1.29, 1.82) is 0 Å². The van der Waals surface area contributed by atoms with Crippen LogP contribution in [-0.2, 0) is 4.74 Å². The minimum atomic E-state index is 0.163. The van der Waals surface area contributed by atoms with Gasteiger partial charge < -0.3 is 20.5 Å². The van der Waals surface area contributed by atoms with E-state index in [0.29, 0.717) is 12.3 Å². The molecule has 1 atom stereocenters. The Labute approximate surface area is 103 Å². The second-order valence-corrected chi connectivity index (χ2v) is 4.07. The largest absolute Gasteiger partial charge is 0.493 e. The standard InChI is InChI=1S/C13H22N2O2/c1-4-5-17-13-7-11(14)6-12(8-13)15-9-10(2)16-3/h6-8,10,15H,4-5,9,14H2,1-3H3. The summed E-state index contributed by atoms with van der Waals surface area (Å²) < 4.78 is 10.7. The molecule has 0 aromatic heterocycles. The molecule has 0 fully saturated rings. The van der Waals surface area contributed by atoms with Gasteiger partial charge >= 0.3 is 0 Å². The minimum absolute atomic E-state index is 0.163. The maximum Gasteiger partial charge on any atom is 0.123 e. The molecule has 0 aliphatic carbocycles. The molecule has 0 amide bonds. The van der Waals surface area contributed by atoms with Crippen LogP contribution in [0, 0.1) is 0 Å². The Morgan fingerprint density at radius 3 is 2.76 bits per heavy atom. The number of nitrogens with one attached hydrogen (secondary N) is 1.